The van der Waals surface area contributed by atoms with E-state index < -0.39 is 11.2 Å². The molecule has 1 aliphatic rings. The highest BCUT2D eigenvalue weighted by Crippen LogP contribution is 2.48. The summed E-state index contributed by atoms with van der Waals surface area (Å²) in [5.74, 6) is -0.876. The Morgan fingerprint density at radius 2 is 1.95 bits per heavy atom. The van der Waals surface area contributed by atoms with Crippen LogP contribution >= 0.6 is 0 Å². The summed E-state index contributed by atoms with van der Waals surface area (Å²) >= 11 is 0. The highest BCUT2D eigenvalue weighted by atomic mass is 19.1. The Labute approximate surface area is 118 Å². The van der Waals surface area contributed by atoms with E-state index in [4.69, 9.17) is 0 Å². The third-order valence-electron chi connectivity index (χ3n) is 3.73. The van der Waals surface area contributed by atoms with E-state index in [1.165, 1.54) is 18.2 Å². The average molecular weight is 278 g/mol. The van der Waals surface area contributed by atoms with Crippen molar-refractivity contribution in [3.8, 4) is 0 Å². The molecule has 0 aromatic heterocycles. The van der Waals surface area contributed by atoms with Gasteiger partial charge in [-0.2, -0.15) is 0 Å². The Balaban J connectivity index is 2.10. The SMILES string of the molecule is CCN(CC)C(=O)C1(C(=O)Nc2cccc(F)c2)CC1. The minimum atomic E-state index is -0.946. The van der Waals surface area contributed by atoms with Crippen LogP contribution in [0.15, 0.2) is 24.3 Å². The van der Waals surface area contributed by atoms with Crippen LogP contribution < -0.4 is 5.32 Å². The zero-order valence-electron chi connectivity index (χ0n) is 11.8. The quantitative estimate of drug-likeness (QED) is 0.841. The summed E-state index contributed by atoms with van der Waals surface area (Å²) in [7, 11) is 0. The molecule has 108 valence electrons. The molecule has 0 spiro atoms. The van der Waals surface area contributed by atoms with E-state index in [-0.39, 0.29) is 11.8 Å². The van der Waals surface area contributed by atoms with Gasteiger partial charge in [-0.05, 0) is 44.9 Å². The van der Waals surface area contributed by atoms with E-state index in [1.54, 1.807) is 11.0 Å². The summed E-state index contributed by atoms with van der Waals surface area (Å²) in [6.45, 7) is 4.96. The minimum Gasteiger partial charge on any atom is -0.342 e. The fraction of sp³-hybridized carbons (Fsp3) is 0.467. The second kappa shape index (κ2) is 5.61. The van der Waals surface area contributed by atoms with Crippen molar-refractivity contribution in [1.29, 1.82) is 0 Å². The number of carbonyl (C=O) groups excluding carboxylic acids is 2. The molecule has 1 aromatic carbocycles. The van der Waals surface area contributed by atoms with Crippen molar-refractivity contribution in [3.05, 3.63) is 30.1 Å². The molecule has 5 heteroatoms. The molecule has 4 nitrogen and oxygen atoms in total. The first-order valence-corrected chi connectivity index (χ1v) is 6.90. The van der Waals surface area contributed by atoms with Gasteiger partial charge < -0.3 is 10.2 Å². The van der Waals surface area contributed by atoms with Crippen LogP contribution in [0.1, 0.15) is 26.7 Å². The molecule has 0 aliphatic heterocycles. The maximum Gasteiger partial charge on any atom is 0.240 e. The molecule has 1 saturated carbocycles. The van der Waals surface area contributed by atoms with Crippen molar-refractivity contribution in [2.75, 3.05) is 18.4 Å². The van der Waals surface area contributed by atoms with Crippen LogP contribution in [-0.4, -0.2) is 29.8 Å². The third-order valence-corrected chi connectivity index (χ3v) is 3.73. The van der Waals surface area contributed by atoms with Crippen LogP contribution in [0.3, 0.4) is 0 Å². The number of rotatable bonds is 5. The largest absolute Gasteiger partial charge is 0.342 e. The lowest BCUT2D eigenvalue weighted by molar-refractivity contribution is -0.141. The van der Waals surface area contributed by atoms with Gasteiger partial charge in [-0.15, -0.1) is 0 Å². The van der Waals surface area contributed by atoms with E-state index >= 15 is 0 Å². The van der Waals surface area contributed by atoms with E-state index in [2.05, 4.69) is 5.32 Å². The van der Waals surface area contributed by atoms with Crippen molar-refractivity contribution in [3.63, 3.8) is 0 Å². The summed E-state index contributed by atoms with van der Waals surface area (Å²) in [6, 6.07) is 5.69. The molecule has 0 saturated heterocycles. The number of carbonyl (C=O) groups is 2. The average Bonchev–Trinajstić information content (AvgIpc) is 3.21. The zero-order valence-corrected chi connectivity index (χ0v) is 11.8. The zero-order chi connectivity index (χ0) is 14.8. The monoisotopic (exact) mass is 278 g/mol. The van der Waals surface area contributed by atoms with Gasteiger partial charge in [0.05, 0.1) is 0 Å². The van der Waals surface area contributed by atoms with Crippen molar-refractivity contribution in [1.82, 2.24) is 4.90 Å². The molecular weight excluding hydrogens is 259 g/mol. The van der Waals surface area contributed by atoms with Crippen LogP contribution in [0.25, 0.3) is 0 Å². The minimum absolute atomic E-state index is 0.128. The van der Waals surface area contributed by atoms with Gasteiger partial charge in [-0.1, -0.05) is 6.07 Å². The second-order valence-electron chi connectivity index (χ2n) is 5.02. The van der Waals surface area contributed by atoms with Crippen LogP contribution in [0.4, 0.5) is 10.1 Å². The van der Waals surface area contributed by atoms with Gasteiger partial charge in [-0.25, -0.2) is 4.39 Å². The first-order valence-electron chi connectivity index (χ1n) is 6.90. The van der Waals surface area contributed by atoms with E-state index in [9.17, 15) is 14.0 Å². The van der Waals surface area contributed by atoms with Gasteiger partial charge in [0.2, 0.25) is 11.8 Å². The van der Waals surface area contributed by atoms with Gasteiger partial charge >= 0.3 is 0 Å². The molecule has 1 aromatic rings. The van der Waals surface area contributed by atoms with Crippen LogP contribution in [-0.2, 0) is 9.59 Å². The number of anilines is 1. The molecule has 2 amide bonds. The van der Waals surface area contributed by atoms with Gasteiger partial charge in [0.1, 0.15) is 11.2 Å². The number of amides is 2. The van der Waals surface area contributed by atoms with E-state index in [0.29, 0.717) is 31.6 Å². The molecule has 0 bridgehead atoms. The Morgan fingerprint density at radius 1 is 1.30 bits per heavy atom. The predicted octanol–water partition coefficient (Wildman–Crippen LogP) is 2.41. The molecule has 0 atom stereocenters. The molecule has 2 rings (SSSR count). The van der Waals surface area contributed by atoms with E-state index in [0.717, 1.165) is 0 Å². The van der Waals surface area contributed by atoms with Crippen LogP contribution in [0.2, 0.25) is 0 Å². The number of benzene rings is 1. The first kappa shape index (κ1) is 14.5. The predicted molar refractivity (Wildman–Crippen MR) is 74.6 cm³/mol. The Kier molecular flexibility index (Phi) is 4.06. The topological polar surface area (TPSA) is 49.4 Å². The Bertz CT molecular complexity index is 522. The number of hydrogen-bond donors (Lipinski definition) is 1. The fourth-order valence-electron chi connectivity index (χ4n) is 2.29. The van der Waals surface area contributed by atoms with Gasteiger partial charge in [0, 0.05) is 18.8 Å². The maximum atomic E-state index is 13.1. The number of nitrogens with zero attached hydrogens (tertiary/aromatic N) is 1. The lowest BCUT2D eigenvalue weighted by Crippen LogP contribution is -2.42. The van der Waals surface area contributed by atoms with E-state index in [1.807, 2.05) is 13.8 Å². The highest BCUT2D eigenvalue weighted by molar-refractivity contribution is 6.13. The van der Waals surface area contributed by atoms with Crippen molar-refractivity contribution in [2.45, 2.75) is 26.7 Å². The van der Waals surface area contributed by atoms with Crippen LogP contribution in [0, 0.1) is 11.2 Å². The van der Waals surface area contributed by atoms with Crippen molar-refractivity contribution < 1.29 is 14.0 Å². The standard InChI is InChI=1S/C15H19FN2O2/c1-3-18(4-2)14(20)15(8-9-15)13(19)17-12-7-5-6-11(16)10-12/h5-7,10H,3-4,8-9H2,1-2H3,(H,17,19). The number of nitrogens with one attached hydrogen (secondary N) is 1. The normalized spacial score (nSPS) is 15.6. The molecular formula is C15H19FN2O2. The number of hydrogen-bond acceptors (Lipinski definition) is 2. The summed E-state index contributed by atoms with van der Waals surface area (Å²) in [4.78, 5) is 26.3. The summed E-state index contributed by atoms with van der Waals surface area (Å²) in [5.41, 5.74) is -0.563. The first-order chi connectivity index (χ1) is 9.53. The van der Waals surface area contributed by atoms with Gasteiger partial charge in [0.25, 0.3) is 0 Å². The smallest absolute Gasteiger partial charge is 0.240 e. The lowest BCUT2D eigenvalue weighted by atomic mass is 10.0. The molecule has 1 fully saturated rings. The molecule has 0 unspecified atom stereocenters. The van der Waals surface area contributed by atoms with Crippen LogP contribution in [0.5, 0.6) is 0 Å². The highest BCUT2D eigenvalue weighted by Gasteiger charge is 2.57. The molecule has 20 heavy (non-hydrogen) atoms. The summed E-state index contributed by atoms with van der Waals surface area (Å²) < 4.78 is 13.1. The third kappa shape index (κ3) is 2.66. The molecule has 1 N–H and O–H groups in total. The van der Waals surface area contributed by atoms with Crippen molar-refractivity contribution in [2.24, 2.45) is 5.41 Å². The Morgan fingerprint density at radius 3 is 2.45 bits per heavy atom. The molecule has 1 aliphatic carbocycles. The number of halogens is 1. The van der Waals surface area contributed by atoms with Gasteiger partial charge in [-0.3, -0.25) is 9.59 Å². The fourth-order valence-corrected chi connectivity index (χ4v) is 2.29. The summed E-state index contributed by atoms with van der Waals surface area (Å²) in [5, 5.41) is 2.64. The lowest BCUT2D eigenvalue weighted by Gasteiger charge is -2.24. The second-order valence-corrected chi connectivity index (χ2v) is 5.02. The van der Waals surface area contributed by atoms with Crippen molar-refractivity contribution >= 4 is 17.5 Å². The maximum absolute atomic E-state index is 13.1. The molecule has 0 heterocycles. The van der Waals surface area contributed by atoms with Gasteiger partial charge in [0.15, 0.2) is 0 Å². The Hall–Kier alpha value is -1.91. The molecule has 0 radical (unpaired) electrons. The summed E-state index contributed by atoms with van der Waals surface area (Å²) in [6.07, 6.45) is 1.12.